The lowest BCUT2D eigenvalue weighted by molar-refractivity contribution is 0.0941. The first-order chi connectivity index (χ1) is 12.1. The topological polar surface area (TPSA) is 62.2 Å². The van der Waals surface area contributed by atoms with Crippen LogP contribution in [0.25, 0.3) is 10.9 Å². The first-order valence-corrected chi connectivity index (χ1v) is 8.50. The molecule has 4 heteroatoms. The van der Waals surface area contributed by atoms with Gasteiger partial charge in [-0.1, -0.05) is 54.6 Å². The first-order valence-electron chi connectivity index (χ1n) is 8.50. The van der Waals surface area contributed by atoms with Crippen molar-refractivity contribution in [2.24, 2.45) is 0 Å². The number of aliphatic hydroxyl groups excluding tert-OH is 1. The molecule has 0 radical (unpaired) electrons. The van der Waals surface area contributed by atoms with Crippen LogP contribution < -0.4 is 5.32 Å². The van der Waals surface area contributed by atoms with Gasteiger partial charge in [-0.3, -0.25) is 4.79 Å². The van der Waals surface area contributed by atoms with Gasteiger partial charge in [-0.2, -0.15) is 0 Å². The van der Waals surface area contributed by atoms with Gasteiger partial charge in [0.15, 0.2) is 0 Å². The van der Waals surface area contributed by atoms with E-state index in [0.29, 0.717) is 18.7 Å². The van der Waals surface area contributed by atoms with Crippen LogP contribution in [0.2, 0.25) is 0 Å². The minimum absolute atomic E-state index is 0.0607. The molecule has 128 valence electrons. The minimum atomic E-state index is -0.430. The molecule has 0 aliphatic rings. The van der Waals surface area contributed by atoms with Crippen LogP contribution in [0, 0.1) is 0 Å². The summed E-state index contributed by atoms with van der Waals surface area (Å²) >= 11 is 0. The Kier molecular flexibility index (Phi) is 5.41. The number of nitrogens with zero attached hydrogens (tertiary/aromatic N) is 1. The molecule has 0 saturated carbocycles. The molecule has 0 bridgehead atoms. The number of aliphatic hydroxyl groups is 1. The van der Waals surface area contributed by atoms with Gasteiger partial charge in [0.05, 0.1) is 11.6 Å². The molecule has 2 atom stereocenters. The van der Waals surface area contributed by atoms with Crippen LogP contribution in [0.3, 0.4) is 0 Å². The molecule has 0 spiro atoms. The molecule has 0 aliphatic heterocycles. The summed E-state index contributed by atoms with van der Waals surface area (Å²) in [5.41, 5.74) is 2.32. The molecule has 0 fully saturated rings. The first kappa shape index (κ1) is 17.1. The van der Waals surface area contributed by atoms with Crippen LogP contribution in [-0.4, -0.2) is 28.6 Å². The zero-order valence-corrected chi connectivity index (χ0v) is 14.2. The average Bonchev–Trinajstić information content (AvgIpc) is 2.65. The smallest absolute Gasteiger partial charge is 0.269 e. The van der Waals surface area contributed by atoms with Crippen LogP contribution in [-0.2, 0) is 0 Å². The van der Waals surface area contributed by atoms with Crippen molar-refractivity contribution < 1.29 is 9.90 Å². The normalized spacial score (nSPS) is 13.4. The maximum absolute atomic E-state index is 12.5. The van der Waals surface area contributed by atoms with Crippen LogP contribution in [0.15, 0.2) is 66.7 Å². The van der Waals surface area contributed by atoms with E-state index >= 15 is 0 Å². The Morgan fingerprint density at radius 3 is 2.52 bits per heavy atom. The van der Waals surface area contributed by atoms with Crippen LogP contribution in [0.1, 0.15) is 35.3 Å². The van der Waals surface area contributed by atoms with Crippen LogP contribution in [0.4, 0.5) is 0 Å². The number of nitrogens with one attached hydrogen (secondary N) is 1. The quantitative estimate of drug-likeness (QED) is 0.725. The van der Waals surface area contributed by atoms with Crippen molar-refractivity contribution in [2.75, 3.05) is 6.54 Å². The van der Waals surface area contributed by atoms with E-state index in [-0.39, 0.29) is 11.8 Å². The molecule has 1 heterocycles. The summed E-state index contributed by atoms with van der Waals surface area (Å²) in [5, 5.41) is 13.7. The number of fused-ring (bicyclic) bond motifs is 1. The third-order valence-corrected chi connectivity index (χ3v) is 4.24. The van der Waals surface area contributed by atoms with Crippen molar-refractivity contribution in [3.63, 3.8) is 0 Å². The SMILES string of the molecule is CC(O)CC(CNC(=O)c1ccc2ccccc2n1)c1ccccc1. The van der Waals surface area contributed by atoms with Crippen molar-refractivity contribution in [2.45, 2.75) is 25.4 Å². The summed E-state index contributed by atoms with van der Waals surface area (Å²) < 4.78 is 0. The van der Waals surface area contributed by atoms with Gasteiger partial charge in [-0.25, -0.2) is 4.98 Å². The molecule has 3 aromatic rings. The predicted molar refractivity (Wildman–Crippen MR) is 99.6 cm³/mol. The average molecular weight is 334 g/mol. The van der Waals surface area contributed by atoms with E-state index in [0.717, 1.165) is 16.5 Å². The second kappa shape index (κ2) is 7.90. The third kappa shape index (κ3) is 4.43. The number of rotatable bonds is 6. The molecule has 4 nitrogen and oxygen atoms in total. The van der Waals surface area contributed by atoms with Gasteiger partial charge in [-0.15, -0.1) is 0 Å². The second-order valence-electron chi connectivity index (χ2n) is 6.29. The molecule has 25 heavy (non-hydrogen) atoms. The number of carbonyl (C=O) groups excluding carboxylic acids is 1. The largest absolute Gasteiger partial charge is 0.393 e. The van der Waals surface area contributed by atoms with Crippen molar-refractivity contribution >= 4 is 16.8 Å². The molecule has 2 unspecified atom stereocenters. The van der Waals surface area contributed by atoms with Crippen molar-refractivity contribution in [1.82, 2.24) is 10.3 Å². The Morgan fingerprint density at radius 2 is 1.76 bits per heavy atom. The summed E-state index contributed by atoms with van der Waals surface area (Å²) in [6, 6.07) is 21.3. The predicted octanol–water partition coefficient (Wildman–Crippen LogP) is 3.52. The lowest BCUT2D eigenvalue weighted by Crippen LogP contribution is -2.30. The third-order valence-electron chi connectivity index (χ3n) is 4.24. The molecule has 1 amide bonds. The molecule has 0 saturated heterocycles. The highest BCUT2D eigenvalue weighted by Gasteiger charge is 2.16. The van der Waals surface area contributed by atoms with Crippen molar-refractivity contribution in [3.8, 4) is 0 Å². The number of carbonyl (C=O) groups is 1. The second-order valence-corrected chi connectivity index (χ2v) is 6.29. The number of hydrogen-bond acceptors (Lipinski definition) is 3. The molecule has 1 aromatic heterocycles. The van der Waals surface area contributed by atoms with Crippen LogP contribution >= 0.6 is 0 Å². The lowest BCUT2D eigenvalue weighted by atomic mass is 9.93. The molecule has 2 N–H and O–H groups in total. The summed E-state index contributed by atoms with van der Waals surface area (Å²) in [6.07, 6.45) is 0.163. The van der Waals surface area contributed by atoms with E-state index in [1.54, 1.807) is 13.0 Å². The fraction of sp³-hybridized carbons (Fsp3) is 0.238. The van der Waals surface area contributed by atoms with Crippen molar-refractivity contribution in [3.05, 3.63) is 78.0 Å². The Bertz CT molecular complexity index is 847. The highest BCUT2D eigenvalue weighted by atomic mass is 16.3. The minimum Gasteiger partial charge on any atom is -0.393 e. The Morgan fingerprint density at radius 1 is 1.04 bits per heavy atom. The van der Waals surface area contributed by atoms with Gasteiger partial charge >= 0.3 is 0 Å². The summed E-state index contributed by atoms with van der Waals surface area (Å²) in [4.78, 5) is 16.9. The van der Waals surface area contributed by atoms with Gasteiger partial charge in [0, 0.05) is 17.8 Å². The van der Waals surface area contributed by atoms with Gasteiger partial charge in [0.25, 0.3) is 5.91 Å². The van der Waals surface area contributed by atoms with Gasteiger partial charge in [0.2, 0.25) is 0 Å². The fourth-order valence-electron chi connectivity index (χ4n) is 2.97. The van der Waals surface area contributed by atoms with E-state index < -0.39 is 6.10 Å². The highest BCUT2D eigenvalue weighted by molar-refractivity contribution is 5.94. The van der Waals surface area contributed by atoms with E-state index in [9.17, 15) is 9.90 Å². The standard InChI is InChI=1S/C21H22N2O2/c1-15(24)13-18(16-7-3-2-4-8-16)14-22-21(25)20-12-11-17-9-5-6-10-19(17)23-20/h2-12,15,18,24H,13-14H2,1H3,(H,22,25). The van der Waals surface area contributed by atoms with Gasteiger partial charge in [-0.05, 0) is 31.0 Å². The van der Waals surface area contributed by atoms with E-state index in [1.165, 1.54) is 0 Å². The zero-order chi connectivity index (χ0) is 17.6. The summed E-state index contributed by atoms with van der Waals surface area (Å²) in [5.74, 6) is -0.136. The van der Waals surface area contributed by atoms with E-state index in [2.05, 4.69) is 10.3 Å². The maximum atomic E-state index is 12.5. The monoisotopic (exact) mass is 334 g/mol. The van der Waals surface area contributed by atoms with E-state index in [4.69, 9.17) is 0 Å². The molecule has 0 aliphatic carbocycles. The summed E-state index contributed by atoms with van der Waals surface area (Å²) in [6.45, 7) is 2.23. The van der Waals surface area contributed by atoms with E-state index in [1.807, 2.05) is 60.7 Å². The number of benzene rings is 2. The van der Waals surface area contributed by atoms with Crippen molar-refractivity contribution in [1.29, 1.82) is 0 Å². The number of aromatic nitrogens is 1. The van der Waals surface area contributed by atoms with Gasteiger partial charge in [0.1, 0.15) is 5.69 Å². The summed E-state index contributed by atoms with van der Waals surface area (Å²) in [7, 11) is 0. The highest BCUT2D eigenvalue weighted by Crippen LogP contribution is 2.20. The number of hydrogen-bond donors (Lipinski definition) is 2. The molecular weight excluding hydrogens is 312 g/mol. The van der Waals surface area contributed by atoms with Crippen LogP contribution in [0.5, 0.6) is 0 Å². The fourth-order valence-corrected chi connectivity index (χ4v) is 2.97. The zero-order valence-electron chi connectivity index (χ0n) is 14.2. The number of para-hydroxylation sites is 1. The molecule has 2 aromatic carbocycles. The Labute approximate surface area is 147 Å². The maximum Gasteiger partial charge on any atom is 0.269 e. The number of amides is 1. The molecule has 3 rings (SSSR count). The lowest BCUT2D eigenvalue weighted by Gasteiger charge is -2.19. The number of pyridine rings is 1. The Balaban J connectivity index is 1.71. The Hall–Kier alpha value is -2.72. The van der Waals surface area contributed by atoms with Gasteiger partial charge < -0.3 is 10.4 Å². The molecular formula is C21H22N2O2.